The molecular weight excluding hydrogens is 456 g/mol. The molecule has 0 bridgehead atoms. The lowest BCUT2D eigenvalue weighted by molar-refractivity contribution is 0.0972. The summed E-state index contributed by atoms with van der Waals surface area (Å²) in [5.41, 5.74) is 4.32. The zero-order valence-electron chi connectivity index (χ0n) is 22.6. The molecule has 1 aliphatic carbocycles. The Morgan fingerprint density at radius 3 is 2.57 bits per heavy atom. The Kier molecular flexibility index (Phi) is 8.45. The van der Waals surface area contributed by atoms with Gasteiger partial charge in [0.15, 0.2) is 0 Å². The van der Waals surface area contributed by atoms with Crippen molar-refractivity contribution in [2.45, 2.75) is 77.2 Å². The van der Waals surface area contributed by atoms with Crippen LogP contribution < -0.4 is 4.74 Å². The van der Waals surface area contributed by atoms with Crippen LogP contribution >= 0.6 is 0 Å². The number of ether oxygens (including phenoxy) is 1. The van der Waals surface area contributed by atoms with Crippen molar-refractivity contribution in [1.82, 2.24) is 9.47 Å². The van der Waals surface area contributed by atoms with Crippen molar-refractivity contribution in [3.05, 3.63) is 71.4 Å². The van der Waals surface area contributed by atoms with Crippen LogP contribution in [0.3, 0.4) is 0 Å². The topological polar surface area (TPSA) is 34.5 Å². The van der Waals surface area contributed by atoms with E-state index in [4.69, 9.17) is 4.74 Å². The largest absolute Gasteiger partial charge is 0.497 e. The van der Waals surface area contributed by atoms with Gasteiger partial charge in [0.1, 0.15) is 5.75 Å². The second-order valence-electron chi connectivity index (χ2n) is 11.0. The number of piperidine rings is 1. The van der Waals surface area contributed by atoms with E-state index in [9.17, 15) is 4.79 Å². The monoisotopic (exact) mass is 498 g/mol. The minimum Gasteiger partial charge on any atom is -0.497 e. The zero-order valence-corrected chi connectivity index (χ0v) is 22.6. The van der Waals surface area contributed by atoms with Gasteiger partial charge in [0.2, 0.25) is 0 Å². The van der Waals surface area contributed by atoms with Gasteiger partial charge in [0.25, 0.3) is 5.91 Å². The van der Waals surface area contributed by atoms with Crippen LogP contribution in [0.25, 0.3) is 17.0 Å². The van der Waals surface area contributed by atoms with Crippen molar-refractivity contribution in [3.63, 3.8) is 0 Å². The number of methoxy groups -OCH3 is 1. The number of likely N-dealkylation sites (tertiary alicyclic amines) is 1. The van der Waals surface area contributed by atoms with Gasteiger partial charge in [-0.15, -0.1) is 0 Å². The van der Waals surface area contributed by atoms with Gasteiger partial charge >= 0.3 is 0 Å². The molecule has 1 atom stereocenters. The molecule has 0 amide bonds. The molecule has 1 saturated carbocycles. The lowest BCUT2D eigenvalue weighted by Crippen LogP contribution is -2.42. The van der Waals surface area contributed by atoms with Crippen molar-refractivity contribution >= 4 is 22.9 Å². The molecule has 2 fully saturated rings. The first kappa shape index (κ1) is 25.8. The average Bonchev–Trinajstić information content (AvgIpc) is 3.22. The van der Waals surface area contributed by atoms with Gasteiger partial charge in [0, 0.05) is 29.7 Å². The van der Waals surface area contributed by atoms with Crippen LogP contribution in [0, 0.1) is 12.8 Å². The summed E-state index contributed by atoms with van der Waals surface area (Å²) in [6.45, 7) is 4.37. The number of allylic oxidation sites excluding steroid dienone is 1. The Labute approximate surface area is 222 Å². The lowest BCUT2D eigenvalue weighted by atomic mass is 9.82. The van der Waals surface area contributed by atoms with Crippen LogP contribution in [-0.2, 0) is 6.42 Å². The van der Waals surface area contributed by atoms with E-state index in [1.165, 1.54) is 69.9 Å². The molecule has 2 aliphatic rings. The summed E-state index contributed by atoms with van der Waals surface area (Å²) in [6, 6.07) is 16.8. The van der Waals surface area contributed by atoms with Crippen LogP contribution in [0.4, 0.5) is 0 Å². The Bertz CT molecular complexity index is 1220. The summed E-state index contributed by atoms with van der Waals surface area (Å²) in [7, 11) is 1.71. The fourth-order valence-corrected chi connectivity index (χ4v) is 6.68. The molecule has 4 nitrogen and oxygen atoms in total. The summed E-state index contributed by atoms with van der Waals surface area (Å²) in [5.74, 6) is 1.75. The minimum absolute atomic E-state index is 0.00378. The molecule has 1 saturated heterocycles. The fourth-order valence-electron chi connectivity index (χ4n) is 6.68. The molecule has 1 aromatic heterocycles. The van der Waals surface area contributed by atoms with Crippen molar-refractivity contribution < 1.29 is 9.53 Å². The highest BCUT2D eigenvalue weighted by Gasteiger charge is 2.27. The summed E-state index contributed by atoms with van der Waals surface area (Å²) < 4.78 is 7.46. The smallest absolute Gasteiger partial charge is 0.255 e. The van der Waals surface area contributed by atoms with Crippen molar-refractivity contribution in [2.75, 3.05) is 20.2 Å². The molecular formula is C33H42N2O2. The highest BCUT2D eigenvalue weighted by atomic mass is 16.5. The quantitative estimate of drug-likeness (QED) is 0.299. The Morgan fingerprint density at radius 1 is 1.00 bits per heavy atom. The zero-order chi connectivity index (χ0) is 25.6. The molecule has 0 N–H and O–H groups in total. The number of hydrogen-bond donors (Lipinski definition) is 0. The molecule has 4 heteroatoms. The van der Waals surface area contributed by atoms with Crippen LogP contribution in [0.15, 0.2) is 54.6 Å². The second-order valence-corrected chi connectivity index (χ2v) is 11.0. The van der Waals surface area contributed by atoms with E-state index >= 15 is 0 Å². The third-order valence-electron chi connectivity index (χ3n) is 8.71. The molecule has 196 valence electrons. The minimum atomic E-state index is -0.00378. The van der Waals surface area contributed by atoms with Crippen molar-refractivity contribution in [3.8, 4) is 5.75 Å². The normalized spacial score (nSPS) is 19.6. The van der Waals surface area contributed by atoms with E-state index in [-0.39, 0.29) is 5.91 Å². The summed E-state index contributed by atoms with van der Waals surface area (Å²) >= 11 is 0. The Morgan fingerprint density at radius 2 is 1.78 bits per heavy atom. The second kappa shape index (κ2) is 12.1. The van der Waals surface area contributed by atoms with Gasteiger partial charge in [-0.1, -0.05) is 68.9 Å². The number of carbonyl (C=O) groups excluding carboxylic acids is 1. The molecule has 2 aromatic carbocycles. The number of fused-ring (bicyclic) bond motifs is 1. The van der Waals surface area contributed by atoms with E-state index in [0.717, 1.165) is 52.8 Å². The summed E-state index contributed by atoms with van der Waals surface area (Å²) in [5, 5.41) is 1.14. The predicted molar refractivity (Wildman–Crippen MR) is 153 cm³/mol. The highest BCUT2D eigenvalue weighted by molar-refractivity contribution is 6.02. The van der Waals surface area contributed by atoms with Gasteiger partial charge in [-0.25, -0.2) is 0 Å². The average molecular weight is 499 g/mol. The van der Waals surface area contributed by atoms with E-state index in [1.807, 2.05) is 53.1 Å². The van der Waals surface area contributed by atoms with Crippen LogP contribution in [0.1, 0.15) is 79.4 Å². The maximum absolute atomic E-state index is 13.4. The number of nitrogens with zero attached hydrogens (tertiary/aromatic N) is 2. The van der Waals surface area contributed by atoms with E-state index in [0.29, 0.717) is 0 Å². The Balaban J connectivity index is 1.39. The highest BCUT2D eigenvalue weighted by Crippen LogP contribution is 2.33. The van der Waals surface area contributed by atoms with Crippen LogP contribution in [0.5, 0.6) is 5.75 Å². The molecule has 1 unspecified atom stereocenters. The molecule has 3 aromatic rings. The standard InChI is InChI=1S/C33H42N2O2/c1-25-30(20-22-34-21-10-9-15-28(34)23-27-13-7-4-8-14-27)31-24-29(37-2)17-18-32(31)35(25)33(36)19-16-26-11-5-3-6-12-26/h3,5-6,11-12,16-19,24,27-28H,4,7-10,13-15,20-23H2,1-2H3. The van der Waals surface area contributed by atoms with Gasteiger partial charge in [0.05, 0.1) is 12.6 Å². The molecule has 0 radical (unpaired) electrons. The van der Waals surface area contributed by atoms with Crippen LogP contribution in [0.2, 0.25) is 0 Å². The lowest BCUT2D eigenvalue weighted by Gasteiger charge is -2.38. The first-order chi connectivity index (χ1) is 18.1. The van der Waals surface area contributed by atoms with Crippen LogP contribution in [-0.4, -0.2) is 41.6 Å². The molecule has 5 rings (SSSR count). The van der Waals surface area contributed by atoms with E-state index in [2.05, 4.69) is 17.9 Å². The number of benzene rings is 2. The molecule has 1 aliphatic heterocycles. The van der Waals surface area contributed by atoms with Crippen molar-refractivity contribution in [2.24, 2.45) is 5.92 Å². The van der Waals surface area contributed by atoms with Gasteiger partial charge < -0.3 is 9.64 Å². The number of hydrogen-bond acceptors (Lipinski definition) is 3. The van der Waals surface area contributed by atoms with E-state index in [1.54, 1.807) is 13.2 Å². The maximum Gasteiger partial charge on any atom is 0.255 e. The third-order valence-corrected chi connectivity index (χ3v) is 8.71. The molecule has 0 spiro atoms. The number of rotatable bonds is 8. The summed E-state index contributed by atoms with van der Waals surface area (Å²) in [6.07, 6.45) is 17.1. The third kappa shape index (κ3) is 6.01. The van der Waals surface area contributed by atoms with Crippen molar-refractivity contribution in [1.29, 1.82) is 0 Å². The first-order valence-corrected chi connectivity index (χ1v) is 14.3. The van der Waals surface area contributed by atoms with E-state index < -0.39 is 0 Å². The van der Waals surface area contributed by atoms with Gasteiger partial charge in [-0.2, -0.15) is 0 Å². The molecule has 2 heterocycles. The predicted octanol–water partition coefficient (Wildman–Crippen LogP) is 7.68. The summed E-state index contributed by atoms with van der Waals surface area (Å²) in [4.78, 5) is 16.2. The maximum atomic E-state index is 13.4. The fraction of sp³-hybridized carbons (Fsp3) is 0.485. The Hall–Kier alpha value is -2.85. The van der Waals surface area contributed by atoms with Gasteiger partial charge in [-0.3, -0.25) is 9.36 Å². The molecule has 37 heavy (non-hydrogen) atoms. The SMILES string of the molecule is COc1ccc2c(c1)c(CCN1CCCCC1CC1CCCCC1)c(C)n2C(=O)C=Cc1ccccc1. The van der Waals surface area contributed by atoms with Gasteiger partial charge in [-0.05, 0) is 80.5 Å². The first-order valence-electron chi connectivity index (χ1n) is 14.3. The number of aromatic nitrogens is 1. The number of carbonyl (C=O) groups is 1.